The van der Waals surface area contributed by atoms with E-state index in [-0.39, 0.29) is 11.8 Å². The Kier molecular flexibility index (Phi) is 5.13. The van der Waals surface area contributed by atoms with Crippen LogP contribution in [0.15, 0.2) is 79.1 Å². The van der Waals surface area contributed by atoms with Crippen LogP contribution >= 0.6 is 0 Å². The zero-order chi connectivity index (χ0) is 21.3. The predicted molar refractivity (Wildman–Crippen MR) is 121 cm³/mol. The molecule has 0 atom stereocenters. The van der Waals surface area contributed by atoms with Crippen molar-refractivity contribution in [2.75, 3.05) is 0 Å². The van der Waals surface area contributed by atoms with E-state index in [0.717, 1.165) is 52.3 Å². The van der Waals surface area contributed by atoms with Crippen LogP contribution in [0.3, 0.4) is 0 Å². The van der Waals surface area contributed by atoms with E-state index in [4.69, 9.17) is 4.98 Å². The molecular weight excluding hydrogens is 408 g/mol. The Labute approximate surface area is 181 Å². The lowest BCUT2D eigenvalue weighted by atomic mass is 10.0. The molecule has 4 aromatic rings. The molecule has 2 heterocycles. The van der Waals surface area contributed by atoms with Crippen LogP contribution < -0.4 is 4.72 Å². The SMILES string of the molecule is O=S(=O)(Cc1ccc(-c2nc(-c3ccccc3)[nH]c2-c2ccncc2)cc1)NC1CC1. The fourth-order valence-corrected chi connectivity index (χ4v) is 4.98. The summed E-state index contributed by atoms with van der Waals surface area (Å²) in [6.45, 7) is 0. The number of H-pyrrole nitrogens is 1. The highest BCUT2D eigenvalue weighted by Crippen LogP contribution is 2.33. The van der Waals surface area contributed by atoms with Gasteiger partial charge in [-0.25, -0.2) is 18.1 Å². The topological polar surface area (TPSA) is 87.7 Å². The van der Waals surface area contributed by atoms with Gasteiger partial charge in [0.1, 0.15) is 5.82 Å². The molecule has 0 amide bonds. The molecule has 1 fully saturated rings. The third-order valence-electron chi connectivity index (χ3n) is 5.23. The maximum Gasteiger partial charge on any atom is 0.216 e. The van der Waals surface area contributed by atoms with Gasteiger partial charge in [-0.3, -0.25) is 4.98 Å². The van der Waals surface area contributed by atoms with Gasteiger partial charge in [0.05, 0.1) is 17.1 Å². The highest BCUT2D eigenvalue weighted by atomic mass is 32.2. The smallest absolute Gasteiger partial charge is 0.216 e. The van der Waals surface area contributed by atoms with E-state index in [9.17, 15) is 8.42 Å². The number of benzene rings is 2. The first kappa shape index (κ1) is 19.7. The van der Waals surface area contributed by atoms with Crippen molar-refractivity contribution in [2.24, 2.45) is 0 Å². The van der Waals surface area contributed by atoms with Crippen molar-refractivity contribution in [3.8, 4) is 33.9 Å². The molecule has 0 unspecified atom stereocenters. The van der Waals surface area contributed by atoms with Gasteiger partial charge in [0.25, 0.3) is 0 Å². The van der Waals surface area contributed by atoms with E-state index >= 15 is 0 Å². The van der Waals surface area contributed by atoms with Gasteiger partial charge in [-0.1, -0.05) is 54.6 Å². The van der Waals surface area contributed by atoms with Crippen LogP contribution in [0.25, 0.3) is 33.9 Å². The number of hydrogen-bond acceptors (Lipinski definition) is 4. The van der Waals surface area contributed by atoms with Gasteiger partial charge in [0.2, 0.25) is 10.0 Å². The number of rotatable bonds is 7. The van der Waals surface area contributed by atoms with E-state index in [1.807, 2.05) is 66.7 Å². The largest absolute Gasteiger partial charge is 0.337 e. The summed E-state index contributed by atoms with van der Waals surface area (Å²) < 4.78 is 27.3. The van der Waals surface area contributed by atoms with Crippen LogP contribution in [0.5, 0.6) is 0 Å². The molecule has 31 heavy (non-hydrogen) atoms. The number of imidazole rings is 1. The minimum Gasteiger partial charge on any atom is -0.337 e. The van der Waals surface area contributed by atoms with Crippen LogP contribution in [0.1, 0.15) is 18.4 Å². The Morgan fingerprint density at radius 1 is 0.871 bits per heavy atom. The van der Waals surface area contributed by atoms with E-state index in [1.54, 1.807) is 12.4 Å². The molecule has 1 aliphatic carbocycles. The number of aromatic nitrogens is 3. The summed E-state index contributed by atoms with van der Waals surface area (Å²) in [5.74, 6) is 0.763. The third kappa shape index (κ3) is 4.57. The van der Waals surface area contributed by atoms with Gasteiger partial charge in [-0.15, -0.1) is 0 Å². The fraction of sp³-hybridized carbons (Fsp3) is 0.167. The van der Waals surface area contributed by atoms with Crippen molar-refractivity contribution in [3.63, 3.8) is 0 Å². The molecule has 2 aromatic carbocycles. The summed E-state index contributed by atoms with van der Waals surface area (Å²) in [6.07, 6.45) is 5.36. The van der Waals surface area contributed by atoms with Crippen LogP contribution in [0.2, 0.25) is 0 Å². The molecule has 156 valence electrons. The maximum absolute atomic E-state index is 12.3. The Bertz CT molecular complexity index is 1280. The van der Waals surface area contributed by atoms with Crippen LogP contribution in [-0.2, 0) is 15.8 Å². The standard InChI is InChI=1S/C24H22N4O2S/c29-31(30,28-21-10-11-21)16-17-6-8-18(9-7-17)22-23(19-12-14-25-15-13-19)27-24(26-22)20-4-2-1-3-5-20/h1-9,12-15,21,28H,10-11,16H2,(H,26,27). The van der Waals surface area contributed by atoms with Crippen molar-refractivity contribution < 1.29 is 8.42 Å². The van der Waals surface area contributed by atoms with Gasteiger partial charge in [0, 0.05) is 35.1 Å². The summed E-state index contributed by atoms with van der Waals surface area (Å²) >= 11 is 0. The summed E-state index contributed by atoms with van der Waals surface area (Å²) in [4.78, 5) is 12.4. The van der Waals surface area contributed by atoms with Gasteiger partial charge in [-0.05, 0) is 30.5 Å². The molecule has 6 nitrogen and oxygen atoms in total. The number of nitrogens with zero attached hydrogens (tertiary/aromatic N) is 2. The molecule has 1 saturated carbocycles. The molecule has 0 bridgehead atoms. The second-order valence-electron chi connectivity index (χ2n) is 7.76. The quantitative estimate of drug-likeness (QED) is 0.455. The molecule has 5 rings (SSSR count). The second kappa shape index (κ2) is 8.09. The first-order valence-corrected chi connectivity index (χ1v) is 11.9. The fourth-order valence-electron chi connectivity index (χ4n) is 3.52. The van der Waals surface area contributed by atoms with Gasteiger partial charge in [0.15, 0.2) is 0 Å². The van der Waals surface area contributed by atoms with Crippen LogP contribution in [0.4, 0.5) is 0 Å². The van der Waals surface area contributed by atoms with E-state index in [1.165, 1.54) is 0 Å². The minimum absolute atomic E-state index is 0.0170. The van der Waals surface area contributed by atoms with Crippen molar-refractivity contribution in [3.05, 3.63) is 84.7 Å². The molecule has 0 aliphatic heterocycles. The number of aromatic amines is 1. The molecule has 0 saturated heterocycles. The number of pyridine rings is 1. The molecule has 7 heteroatoms. The summed E-state index contributed by atoms with van der Waals surface area (Å²) in [5.41, 5.74) is 5.37. The maximum atomic E-state index is 12.3. The van der Waals surface area contributed by atoms with E-state index in [0.29, 0.717) is 0 Å². The Morgan fingerprint density at radius 3 is 2.26 bits per heavy atom. The predicted octanol–water partition coefficient (Wildman–Crippen LogP) is 4.39. The van der Waals surface area contributed by atoms with Gasteiger partial charge < -0.3 is 4.98 Å². The summed E-state index contributed by atoms with van der Waals surface area (Å²) in [6, 6.07) is 21.5. The van der Waals surface area contributed by atoms with Crippen LogP contribution in [-0.4, -0.2) is 29.4 Å². The number of hydrogen-bond donors (Lipinski definition) is 2. The minimum atomic E-state index is -3.31. The molecule has 2 N–H and O–H groups in total. The van der Waals surface area contributed by atoms with Gasteiger partial charge in [-0.2, -0.15) is 0 Å². The second-order valence-corrected chi connectivity index (χ2v) is 9.51. The summed E-state index contributed by atoms with van der Waals surface area (Å²) in [7, 11) is -3.31. The summed E-state index contributed by atoms with van der Waals surface area (Å²) in [5, 5.41) is 0. The Morgan fingerprint density at radius 2 is 1.58 bits per heavy atom. The van der Waals surface area contributed by atoms with Crippen molar-refractivity contribution >= 4 is 10.0 Å². The zero-order valence-electron chi connectivity index (χ0n) is 16.8. The highest BCUT2D eigenvalue weighted by molar-refractivity contribution is 7.88. The van der Waals surface area contributed by atoms with E-state index < -0.39 is 10.0 Å². The van der Waals surface area contributed by atoms with Gasteiger partial charge >= 0.3 is 0 Å². The average molecular weight is 431 g/mol. The molecule has 1 aliphatic rings. The molecule has 2 aromatic heterocycles. The number of sulfonamides is 1. The van der Waals surface area contributed by atoms with Crippen molar-refractivity contribution in [1.29, 1.82) is 0 Å². The molecule has 0 spiro atoms. The zero-order valence-corrected chi connectivity index (χ0v) is 17.6. The Balaban J connectivity index is 1.49. The van der Waals surface area contributed by atoms with Crippen LogP contribution in [0, 0.1) is 0 Å². The molecular formula is C24H22N4O2S. The van der Waals surface area contributed by atoms with Crippen molar-refractivity contribution in [1.82, 2.24) is 19.7 Å². The molecule has 0 radical (unpaired) electrons. The third-order valence-corrected chi connectivity index (χ3v) is 6.63. The monoisotopic (exact) mass is 430 g/mol. The van der Waals surface area contributed by atoms with E-state index in [2.05, 4.69) is 14.7 Å². The normalized spacial score (nSPS) is 13.9. The van der Waals surface area contributed by atoms with Crippen molar-refractivity contribution in [2.45, 2.75) is 24.6 Å². The lowest BCUT2D eigenvalue weighted by Crippen LogP contribution is -2.27. The first-order valence-electron chi connectivity index (χ1n) is 10.2. The first-order chi connectivity index (χ1) is 15.1. The lowest BCUT2D eigenvalue weighted by molar-refractivity contribution is 0.580. The number of nitrogens with one attached hydrogen (secondary N) is 2. The Hall–Kier alpha value is -3.29. The average Bonchev–Trinajstić information content (AvgIpc) is 3.47. The lowest BCUT2D eigenvalue weighted by Gasteiger charge is -2.07. The highest BCUT2D eigenvalue weighted by Gasteiger charge is 2.27.